The minimum Gasteiger partial charge on any atom is -0.328 e. The Kier molecular flexibility index (Phi) is 3.29. The lowest BCUT2D eigenvalue weighted by Crippen LogP contribution is -2.42. The van der Waals surface area contributed by atoms with Crippen LogP contribution in [0.1, 0.15) is 46.2 Å². The molecule has 5 nitrogen and oxygen atoms in total. The van der Waals surface area contributed by atoms with Gasteiger partial charge in [0.25, 0.3) is 5.91 Å². The monoisotopic (exact) mass is 334 g/mol. The number of halogens is 3. The fourth-order valence-corrected chi connectivity index (χ4v) is 3.57. The number of hydrogen-bond donors (Lipinski definition) is 0. The molecule has 2 aliphatic rings. The van der Waals surface area contributed by atoms with Crippen molar-refractivity contribution in [1.82, 2.24) is 19.9 Å². The highest BCUT2D eigenvalue weighted by Gasteiger charge is 2.43. The minimum atomic E-state index is -4.51. The molecule has 0 spiro atoms. The quantitative estimate of drug-likeness (QED) is 0.805. The highest BCUT2D eigenvalue weighted by atomic mass is 19.4. The molecule has 0 aromatic carbocycles. The maximum atomic E-state index is 12.8. The van der Waals surface area contributed by atoms with Crippen molar-refractivity contribution >= 4 is 5.91 Å². The van der Waals surface area contributed by atoms with E-state index >= 15 is 0 Å². The zero-order valence-corrected chi connectivity index (χ0v) is 12.5. The minimum absolute atomic E-state index is 0.0205. The molecule has 0 radical (unpaired) electrons. The molecule has 4 heterocycles. The van der Waals surface area contributed by atoms with Crippen LogP contribution in [0.5, 0.6) is 0 Å². The summed E-state index contributed by atoms with van der Waals surface area (Å²) in [7, 11) is 0. The predicted octanol–water partition coefficient (Wildman–Crippen LogP) is 2.79. The molecule has 0 aliphatic carbocycles. The summed E-state index contributed by atoms with van der Waals surface area (Å²) in [6.45, 7) is 0. The van der Waals surface area contributed by atoms with Crippen LogP contribution in [0.3, 0.4) is 0 Å². The average Bonchev–Trinajstić information content (AvgIpc) is 2.88. The van der Waals surface area contributed by atoms with Gasteiger partial charge in [-0.3, -0.25) is 9.78 Å². The van der Waals surface area contributed by atoms with Gasteiger partial charge in [0, 0.05) is 30.4 Å². The lowest BCUT2D eigenvalue weighted by atomic mass is 9.98. The summed E-state index contributed by atoms with van der Waals surface area (Å²) in [5.41, 5.74) is 1.05. The van der Waals surface area contributed by atoms with E-state index in [9.17, 15) is 18.0 Å². The second-order valence-electron chi connectivity index (χ2n) is 6.02. The predicted molar refractivity (Wildman–Crippen MR) is 76.9 cm³/mol. The van der Waals surface area contributed by atoms with Crippen molar-refractivity contribution in [2.75, 3.05) is 0 Å². The summed E-state index contributed by atoms with van der Waals surface area (Å²) in [5, 5.41) is 0. The summed E-state index contributed by atoms with van der Waals surface area (Å²) < 4.78 is 37.8. The molecule has 0 N–H and O–H groups in total. The summed E-state index contributed by atoms with van der Waals surface area (Å²) in [5.74, 6) is -0.293. The molecule has 4 rings (SSSR count). The topological polar surface area (TPSA) is 59.0 Å². The first-order chi connectivity index (χ1) is 11.4. The standard InChI is InChI=1S/C16H13F3N4O/c17-16(18,19)14-4-1-9(6-21-14)15(24)23-10-2-3-13(23)11-7-20-8-22-12(11)5-10/h1,4,6-8,10,13H,2-3,5H2/t10-,13-/m0/s1. The Morgan fingerprint density at radius 1 is 1.17 bits per heavy atom. The van der Waals surface area contributed by atoms with Gasteiger partial charge in [0.2, 0.25) is 0 Å². The fraction of sp³-hybridized carbons (Fsp3) is 0.375. The Morgan fingerprint density at radius 3 is 2.71 bits per heavy atom. The molecule has 0 unspecified atom stereocenters. The number of aromatic nitrogens is 3. The van der Waals surface area contributed by atoms with Crippen molar-refractivity contribution in [2.45, 2.75) is 37.5 Å². The average molecular weight is 334 g/mol. The van der Waals surface area contributed by atoms with E-state index in [1.165, 1.54) is 12.4 Å². The largest absolute Gasteiger partial charge is 0.433 e. The van der Waals surface area contributed by atoms with Crippen LogP contribution in [0.15, 0.2) is 30.9 Å². The van der Waals surface area contributed by atoms with Gasteiger partial charge in [-0.1, -0.05) is 0 Å². The van der Waals surface area contributed by atoms with Crippen molar-refractivity contribution in [3.63, 3.8) is 0 Å². The van der Waals surface area contributed by atoms with E-state index in [-0.39, 0.29) is 23.6 Å². The van der Waals surface area contributed by atoms with E-state index in [1.54, 1.807) is 11.1 Å². The zero-order valence-electron chi connectivity index (χ0n) is 12.5. The first kappa shape index (κ1) is 15.0. The van der Waals surface area contributed by atoms with Crippen LogP contribution >= 0.6 is 0 Å². The number of rotatable bonds is 1. The summed E-state index contributed by atoms with van der Waals surface area (Å²) in [6.07, 6.45) is 2.01. The van der Waals surface area contributed by atoms with Gasteiger partial charge in [0.15, 0.2) is 0 Å². The van der Waals surface area contributed by atoms with Crippen LogP contribution in [0.4, 0.5) is 13.2 Å². The molecule has 2 aromatic heterocycles. The highest BCUT2D eigenvalue weighted by Crippen LogP contribution is 2.43. The number of alkyl halides is 3. The Balaban J connectivity index is 1.64. The van der Waals surface area contributed by atoms with Gasteiger partial charge in [-0.05, 0) is 25.0 Å². The highest BCUT2D eigenvalue weighted by molar-refractivity contribution is 5.94. The summed E-state index contributed by atoms with van der Waals surface area (Å²) >= 11 is 0. The van der Waals surface area contributed by atoms with Gasteiger partial charge in [0.05, 0.1) is 17.3 Å². The molecule has 2 aliphatic heterocycles. The number of hydrogen-bond acceptors (Lipinski definition) is 4. The number of nitrogens with zero attached hydrogens (tertiary/aromatic N) is 4. The lowest BCUT2D eigenvalue weighted by molar-refractivity contribution is -0.141. The first-order valence-corrected chi connectivity index (χ1v) is 7.60. The zero-order chi connectivity index (χ0) is 16.9. The molecule has 2 bridgehead atoms. The molecule has 1 fully saturated rings. The normalized spacial score (nSPS) is 22.4. The number of fused-ring (bicyclic) bond motifs is 4. The maximum absolute atomic E-state index is 12.8. The third-order valence-electron chi connectivity index (χ3n) is 4.65. The van der Waals surface area contributed by atoms with Crippen molar-refractivity contribution in [1.29, 1.82) is 0 Å². The van der Waals surface area contributed by atoms with Gasteiger partial charge in [0.1, 0.15) is 12.0 Å². The smallest absolute Gasteiger partial charge is 0.328 e. The van der Waals surface area contributed by atoms with Crippen LogP contribution in [0.25, 0.3) is 0 Å². The van der Waals surface area contributed by atoms with Crippen LogP contribution < -0.4 is 0 Å². The Morgan fingerprint density at radius 2 is 2.00 bits per heavy atom. The van der Waals surface area contributed by atoms with Crippen molar-refractivity contribution in [3.8, 4) is 0 Å². The van der Waals surface area contributed by atoms with E-state index in [1.807, 2.05) is 0 Å². The van der Waals surface area contributed by atoms with Crippen molar-refractivity contribution < 1.29 is 18.0 Å². The van der Waals surface area contributed by atoms with Crippen molar-refractivity contribution in [2.24, 2.45) is 0 Å². The third kappa shape index (κ3) is 2.33. The Hall–Kier alpha value is -2.51. The van der Waals surface area contributed by atoms with E-state index in [0.717, 1.165) is 36.4 Å². The van der Waals surface area contributed by atoms with Gasteiger partial charge >= 0.3 is 6.18 Å². The van der Waals surface area contributed by atoms with Gasteiger partial charge < -0.3 is 4.90 Å². The molecule has 0 saturated carbocycles. The Bertz CT molecular complexity index is 791. The molecular formula is C16H13F3N4O. The van der Waals surface area contributed by atoms with Crippen LogP contribution in [-0.2, 0) is 12.6 Å². The van der Waals surface area contributed by atoms with Gasteiger partial charge in [-0.15, -0.1) is 0 Å². The van der Waals surface area contributed by atoms with E-state index in [4.69, 9.17) is 0 Å². The molecule has 2 aromatic rings. The van der Waals surface area contributed by atoms with Gasteiger partial charge in [-0.2, -0.15) is 13.2 Å². The van der Waals surface area contributed by atoms with E-state index < -0.39 is 11.9 Å². The first-order valence-electron chi connectivity index (χ1n) is 7.60. The number of carbonyl (C=O) groups is 1. The maximum Gasteiger partial charge on any atom is 0.433 e. The Labute approximate surface area is 135 Å². The fourth-order valence-electron chi connectivity index (χ4n) is 3.57. The lowest BCUT2D eigenvalue weighted by Gasteiger charge is -2.35. The van der Waals surface area contributed by atoms with E-state index in [2.05, 4.69) is 15.0 Å². The van der Waals surface area contributed by atoms with E-state index in [0.29, 0.717) is 6.42 Å². The van der Waals surface area contributed by atoms with Crippen LogP contribution in [0.2, 0.25) is 0 Å². The molecule has 24 heavy (non-hydrogen) atoms. The van der Waals surface area contributed by atoms with Crippen LogP contribution in [-0.4, -0.2) is 31.8 Å². The molecule has 1 saturated heterocycles. The molecule has 8 heteroatoms. The number of pyridine rings is 1. The molecule has 1 amide bonds. The molecule has 2 atom stereocenters. The van der Waals surface area contributed by atoms with Crippen LogP contribution in [0, 0.1) is 0 Å². The third-order valence-corrected chi connectivity index (χ3v) is 4.65. The number of amides is 1. The summed E-state index contributed by atoms with van der Waals surface area (Å²) in [4.78, 5) is 26.2. The second-order valence-corrected chi connectivity index (χ2v) is 6.02. The van der Waals surface area contributed by atoms with Crippen molar-refractivity contribution in [3.05, 3.63) is 53.4 Å². The summed E-state index contributed by atoms with van der Waals surface area (Å²) in [6, 6.07) is 1.94. The SMILES string of the molecule is O=C(c1ccc(C(F)(F)F)nc1)N1[C@H]2CC[C@H]1c1cncnc1C2. The second kappa shape index (κ2) is 5.25. The van der Waals surface area contributed by atoms with Gasteiger partial charge in [-0.25, -0.2) is 9.97 Å². The molecule has 124 valence electrons. The molecular weight excluding hydrogens is 321 g/mol. The number of carbonyl (C=O) groups excluding carboxylic acids is 1.